The molecule has 1 aromatic carbocycles. The molecule has 1 rings (SSSR count). The maximum Gasteiger partial charge on any atom is 0.132 e. The molecule has 0 aliphatic heterocycles. The van der Waals surface area contributed by atoms with E-state index in [2.05, 4.69) is 22.6 Å². The second-order valence-electron chi connectivity index (χ2n) is 2.19. The Morgan fingerprint density at radius 2 is 2.17 bits per heavy atom. The van der Waals surface area contributed by atoms with Crippen LogP contribution in [0, 0.1) is 14.9 Å². The smallest absolute Gasteiger partial charge is 0.132 e. The second kappa shape index (κ2) is 4.99. The van der Waals surface area contributed by atoms with Crippen LogP contribution in [0.1, 0.15) is 6.42 Å². The molecule has 0 fully saturated rings. The average Bonchev–Trinajstić information content (AvgIpc) is 2.09. The number of ether oxygens (including phenoxy) is 1. The van der Waals surface area contributed by atoms with Crippen molar-refractivity contribution in [3.05, 3.63) is 27.8 Å². The van der Waals surface area contributed by atoms with Gasteiger partial charge in [0.1, 0.15) is 12.4 Å². The third kappa shape index (κ3) is 2.70. The van der Waals surface area contributed by atoms with Crippen LogP contribution in [-0.4, -0.2) is 6.61 Å². The molecule has 0 atom stereocenters. The van der Waals surface area contributed by atoms with Gasteiger partial charge in [-0.1, -0.05) is 12.1 Å². The summed E-state index contributed by atoms with van der Waals surface area (Å²) >= 11 is 2.20. The Kier molecular flexibility index (Phi) is 3.88. The molecule has 2 nitrogen and oxygen atoms in total. The Hall–Kier alpha value is -0.760. The Balaban J connectivity index is 2.53. The summed E-state index contributed by atoms with van der Waals surface area (Å²) in [5.74, 6) is 0.855. The lowest BCUT2D eigenvalue weighted by Gasteiger charge is -2.04. The Labute approximate surface area is 85.3 Å². The van der Waals surface area contributed by atoms with E-state index < -0.39 is 0 Å². The monoisotopic (exact) mass is 273 g/mol. The molecule has 0 aromatic heterocycles. The van der Waals surface area contributed by atoms with Crippen LogP contribution in [0.3, 0.4) is 0 Å². The van der Waals surface area contributed by atoms with Crippen molar-refractivity contribution in [1.82, 2.24) is 0 Å². The van der Waals surface area contributed by atoms with Gasteiger partial charge in [0.15, 0.2) is 0 Å². The fraction of sp³-hybridized carbons (Fsp3) is 0.222. The summed E-state index contributed by atoms with van der Waals surface area (Å²) in [7, 11) is 0. The fourth-order valence-electron chi connectivity index (χ4n) is 0.768. The Bertz CT molecular complexity index is 293. The van der Waals surface area contributed by atoms with Crippen molar-refractivity contribution in [3.63, 3.8) is 0 Å². The van der Waals surface area contributed by atoms with Crippen molar-refractivity contribution in [1.29, 1.82) is 5.26 Å². The molecule has 0 radical (unpaired) electrons. The quantitative estimate of drug-likeness (QED) is 0.626. The van der Waals surface area contributed by atoms with Crippen LogP contribution in [-0.2, 0) is 0 Å². The molecule has 0 saturated heterocycles. The van der Waals surface area contributed by atoms with Gasteiger partial charge >= 0.3 is 0 Å². The minimum atomic E-state index is 0.435. The van der Waals surface area contributed by atoms with Gasteiger partial charge in [-0.3, -0.25) is 0 Å². The van der Waals surface area contributed by atoms with Gasteiger partial charge < -0.3 is 4.74 Å². The molecule has 0 saturated carbocycles. The van der Waals surface area contributed by atoms with Gasteiger partial charge in [0.25, 0.3) is 0 Å². The third-order valence-corrected chi connectivity index (χ3v) is 2.20. The zero-order valence-corrected chi connectivity index (χ0v) is 8.61. The highest BCUT2D eigenvalue weighted by Gasteiger charge is 1.96. The summed E-state index contributed by atoms with van der Waals surface area (Å²) in [6.07, 6.45) is 0.435. The van der Waals surface area contributed by atoms with Crippen LogP contribution < -0.4 is 4.74 Å². The number of nitrogens with zero attached hydrogens (tertiary/aromatic N) is 1. The van der Waals surface area contributed by atoms with Crippen LogP contribution in [0.2, 0.25) is 0 Å². The first kappa shape index (κ1) is 9.33. The number of hydrogen-bond acceptors (Lipinski definition) is 2. The van der Waals surface area contributed by atoms with Gasteiger partial charge in [-0.2, -0.15) is 5.26 Å². The van der Waals surface area contributed by atoms with Crippen molar-refractivity contribution in [2.75, 3.05) is 6.61 Å². The van der Waals surface area contributed by atoms with Gasteiger partial charge in [-0.05, 0) is 34.7 Å². The third-order valence-electron chi connectivity index (χ3n) is 1.31. The number of nitriles is 1. The molecule has 12 heavy (non-hydrogen) atoms. The van der Waals surface area contributed by atoms with E-state index in [0.717, 1.165) is 9.32 Å². The number of para-hydroxylation sites is 1. The molecule has 0 heterocycles. The van der Waals surface area contributed by atoms with E-state index in [1.165, 1.54) is 0 Å². The predicted octanol–water partition coefficient (Wildman–Crippen LogP) is 2.58. The minimum Gasteiger partial charge on any atom is -0.491 e. The lowest BCUT2D eigenvalue weighted by atomic mass is 10.3. The van der Waals surface area contributed by atoms with E-state index in [-0.39, 0.29) is 0 Å². The van der Waals surface area contributed by atoms with Crippen molar-refractivity contribution >= 4 is 22.6 Å². The lowest BCUT2D eigenvalue weighted by Crippen LogP contribution is -1.96. The number of benzene rings is 1. The molecular formula is C9H8INO. The van der Waals surface area contributed by atoms with Crippen LogP contribution in [0.5, 0.6) is 5.75 Å². The molecule has 3 heteroatoms. The molecule has 0 aliphatic rings. The highest BCUT2D eigenvalue weighted by atomic mass is 127. The summed E-state index contributed by atoms with van der Waals surface area (Å²) in [4.78, 5) is 0. The zero-order chi connectivity index (χ0) is 8.81. The van der Waals surface area contributed by atoms with Gasteiger partial charge in [-0.15, -0.1) is 0 Å². The standard InChI is InChI=1S/C9H8INO/c10-8-4-1-2-5-9(8)12-7-3-6-11/h1-2,4-5H,3,7H2. The van der Waals surface area contributed by atoms with Crippen LogP contribution >= 0.6 is 22.6 Å². The molecule has 0 aliphatic carbocycles. The summed E-state index contributed by atoms with van der Waals surface area (Å²) in [6.45, 7) is 0.469. The first-order valence-corrected chi connectivity index (χ1v) is 4.67. The number of rotatable bonds is 3. The molecule has 0 N–H and O–H groups in total. The van der Waals surface area contributed by atoms with E-state index in [0.29, 0.717) is 13.0 Å². The van der Waals surface area contributed by atoms with Crippen molar-refractivity contribution < 1.29 is 4.74 Å². The van der Waals surface area contributed by atoms with Crippen LogP contribution in [0.15, 0.2) is 24.3 Å². The Morgan fingerprint density at radius 3 is 2.83 bits per heavy atom. The maximum atomic E-state index is 8.28. The molecule has 62 valence electrons. The largest absolute Gasteiger partial charge is 0.491 e. The van der Waals surface area contributed by atoms with E-state index >= 15 is 0 Å². The topological polar surface area (TPSA) is 33.0 Å². The number of halogens is 1. The van der Waals surface area contributed by atoms with Crippen LogP contribution in [0.25, 0.3) is 0 Å². The highest BCUT2D eigenvalue weighted by Crippen LogP contribution is 2.19. The van der Waals surface area contributed by atoms with E-state index in [1.807, 2.05) is 30.3 Å². The summed E-state index contributed by atoms with van der Waals surface area (Å²) in [5, 5.41) is 8.28. The van der Waals surface area contributed by atoms with Gasteiger partial charge in [-0.25, -0.2) is 0 Å². The van der Waals surface area contributed by atoms with Crippen molar-refractivity contribution in [3.8, 4) is 11.8 Å². The molecule has 0 spiro atoms. The normalized spacial score (nSPS) is 9.00. The Morgan fingerprint density at radius 1 is 1.42 bits per heavy atom. The molecule has 0 bridgehead atoms. The van der Waals surface area contributed by atoms with Gasteiger partial charge in [0, 0.05) is 0 Å². The van der Waals surface area contributed by atoms with E-state index in [1.54, 1.807) is 0 Å². The van der Waals surface area contributed by atoms with Crippen molar-refractivity contribution in [2.24, 2.45) is 0 Å². The first-order valence-electron chi connectivity index (χ1n) is 3.59. The molecule has 1 aromatic rings. The number of hydrogen-bond donors (Lipinski definition) is 0. The summed E-state index contributed by atoms with van der Waals surface area (Å²) in [5.41, 5.74) is 0. The highest BCUT2D eigenvalue weighted by molar-refractivity contribution is 14.1. The van der Waals surface area contributed by atoms with E-state index in [9.17, 15) is 0 Å². The lowest BCUT2D eigenvalue weighted by molar-refractivity contribution is 0.324. The van der Waals surface area contributed by atoms with E-state index in [4.69, 9.17) is 10.00 Å². The first-order chi connectivity index (χ1) is 5.84. The summed E-state index contributed by atoms with van der Waals surface area (Å²) < 4.78 is 6.42. The fourth-order valence-corrected chi connectivity index (χ4v) is 1.31. The average molecular weight is 273 g/mol. The summed E-state index contributed by atoms with van der Waals surface area (Å²) in [6, 6.07) is 9.78. The SMILES string of the molecule is N#CCCOc1ccccc1I. The maximum absolute atomic E-state index is 8.28. The molecule has 0 unspecified atom stereocenters. The second-order valence-corrected chi connectivity index (χ2v) is 3.35. The van der Waals surface area contributed by atoms with Gasteiger partial charge in [0.05, 0.1) is 16.1 Å². The molecule has 0 amide bonds. The molecular weight excluding hydrogens is 265 g/mol. The minimum absolute atomic E-state index is 0.435. The predicted molar refractivity (Wildman–Crippen MR) is 54.9 cm³/mol. The zero-order valence-electron chi connectivity index (χ0n) is 6.46. The van der Waals surface area contributed by atoms with Crippen LogP contribution in [0.4, 0.5) is 0 Å². The van der Waals surface area contributed by atoms with Gasteiger partial charge in [0.2, 0.25) is 0 Å². The van der Waals surface area contributed by atoms with Crippen molar-refractivity contribution in [2.45, 2.75) is 6.42 Å².